The van der Waals surface area contributed by atoms with Gasteiger partial charge in [0.05, 0.1) is 17.4 Å². The second kappa shape index (κ2) is 5.06. The average Bonchev–Trinajstić information content (AvgIpc) is 2.72. The van der Waals surface area contributed by atoms with E-state index in [9.17, 15) is 8.78 Å². The Balaban J connectivity index is 2.19. The first-order valence-electron chi connectivity index (χ1n) is 5.64. The number of nitriles is 1. The van der Waals surface area contributed by atoms with Crippen LogP contribution in [0.1, 0.15) is 16.8 Å². The number of nitrogens with one attached hydrogen (secondary N) is 1. The molecule has 1 heterocycles. The van der Waals surface area contributed by atoms with Gasteiger partial charge >= 0.3 is 0 Å². The van der Waals surface area contributed by atoms with Gasteiger partial charge in [0.2, 0.25) is 0 Å². The lowest BCUT2D eigenvalue weighted by Gasteiger charge is -2.08. The molecular weight excluding hydrogens is 250 g/mol. The van der Waals surface area contributed by atoms with Gasteiger partial charge in [-0.25, -0.2) is 8.78 Å². The van der Waals surface area contributed by atoms with Gasteiger partial charge < -0.3 is 5.32 Å². The molecule has 2 aromatic rings. The first kappa shape index (κ1) is 13.0. The molecule has 0 aliphatic carbocycles. The van der Waals surface area contributed by atoms with Gasteiger partial charge in [-0.2, -0.15) is 10.4 Å². The third-order valence-electron chi connectivity index (χ3n) is 3.01. The van der Waals surface area contributed by atoms with Crippen molar-refractivity contribution in [3.63, 3.8) is 0 Å². The number of benzene rings is 1. The Labute approximate surface area is 109 Å². The second-order valence-electron chi connectivity index (χ2n) is 4.13. The standard InChI is InChI=1S/C13H12F2N4/c1-8-10(7-18-19(8)2)6-17-11-4-3-9(5-16)12(14)13(11)15/h3-4,7,17H,6H2,1-2H3. The lowest BCUT2D eigenvalue weighted by atomic mass is 10.2. The molecule has 0 unspecified atom stereocenters. The molecular formula is C13H12F2N4. The van der Waals surface area contributed by atoms with E-state index in [4.69, 9.17) is 5.26 Å². The van der Waals surface area contributed by atoms with Crippen LogP contribution in [-0.4, -0.2) is 9.78 Å². The number of aromatic nitrogens is 2. The van der Waals surface area contributed by atoms with Crippen LogP contribution in [0, 0.1) is 29.9 Å². The van der Waals surface area contributed by atoms with Gasteiger partial charge in [0.1, 0.15) is 6.07 Å². The minimum Gasteiger partial charge on any atom is -0.378 e. The van der Waals surface area contributed by atoms with Crippen molar-refractivity contribution in [1.29, 1.82) is 5.26 Å². The van der Waals surface area contributed by atoms with Crippen LogP contribution in [0.5, 0.6) is 0 Å². The molecule has 0 amide bonds. The number of hydrogen-bond donors (Lipinski definition) is 1. The van der Waals surface area contributed by atoms with E-state index >= 15 is 0 Å². The van der Waals surface area contributed by atoms with Crippen LogP contribution in [0.25, 0.3) is 0 Å². The number of nitrogens with zero attached hydrogens (tertiary/aromatic N) is 3. The van der Waals surface area contributed by atoms with Crippen molar-refractivity contribution in [2.24, 2.45) is 7.05 Å². The Morgan fingerprint density at radius 1 is 1.37 bits per heavy atom. The number of halogens is 2. The number of anilines is 1. The maximum absolute atomic E-state index is 13.6. The summed E-state index contributed by atoms with van der Waals surface area (Å²) >= 11 is 0. The third-order valence-corrected chi connectivity index (χ3v) is 3.01. The van der Waals surface area contributed by atoms with Gasteiger partial charge in [-0.1, -0.05) is 0 Å². The highest BCUT2D eigenvalue weighted by Gasteiger charge is 2.13. The monoisotopic (exact) mass is 262 g/mol. The van der Waals surface area contributed by atoms with E-state index in [1.807, 2.05) is 6.92 Å². The first-order chi connectivity index (χ1) is 9.04. The molecule has 0 saturated carbocycles. The van der Waals surface area contributed by atoms with Gasteiger partial charge in [-0.3, -0.25) is 4.68 Å². The van der Waals surface area contributed by atoms with Crippen LogP contribution in [-0.2, 0) is 13.6 Å². The fourth-order valence-electron chi connectivity index (χ4n) is 1.68. The summed E-state index contributed by atoms with van der Waals surface area (Å²) in [5, 5.41) is 15.5. The maximum atomic E-state index is 13.6. The van der Waals surface area contributed by atoms with Crippen molar-refractivity contribution in [3.05, 3.63) is 46.8 Å². The molecule has 0 fully saturated rings. The average molecular weight is 262 g/mol. The smallest absolute Gasteiger partial charge is 0.183 e. The topological polar surface area (TPSA) is 53.6 Å². The lowest BCUT2D eigenvalue weighted by Crippen LogP contribution is -2.05. The summed E-state index contributed by atoms with van der Waals surface area (Å²) in [7, 11) is 1.81. The normalized spacial score (nSPS) is 10.3. The highest BCUT2D eigenvalue weighted by atomic mass is 19.2. The van der Waals surface area contributed by atoms with Crippen molar-refractivity contribution < 1.29 is 8.78 Å². The molecule has 2 rings (SSSR count). The van der Waals surface area contributed by atoms with E-state index in [2.05, 4.69) is 10.4 Å². The Morgan fingerprint density at radius 2 is 2.11 bits per heavy atom. The summed E-state index contributed by atoms with van der Waals surface area (Å²) in [6.07, 6.45) is 1.67. The highest BCUT2D eigenvalue weighted by molar-refractivity contribution is 5.50. The van der Waals surface area contributed by atoms with Crippen LogP contribution >= 0.6 is 0 Å². The summed E-state index contributed by atoms with van der Waals surface area (Å²) < 4.78 is 28.8. The summed E-state index contributed by atoms with van der Waals surface area (Å²) in [5.74, 6) is -2.17. The molecule has 6 heteroatoms. The van der Waals surface area contributed by atoms with Crippen LogP contribution in [0.2, 0.25) is 0 Å². The zero-order valence-electron chi connectivity index (χ0n) is 10.5. The van der Waals surface area contributed by atoms with E-state index in [-0.39, 0.29) is 11.3 Å². The summed E-state index contributed by atoms with van der Waals surface area (Å²) in [6, 6.07) is 4.19. The summed E-state index contributed by atoms with van der Waals surface area (Å²) in [4.78, 5) is 0. The molecule has 0 aliphatic rings. The van der Waals surface area contributed by atoms with Gasteiger partial charge in [-0.05, 0) is 19.1 Å². The Kier molecular flexibility index (Phi) is 3.47. The molecule has 1 N–H and O–H groups in total. The van der Waals surface area contributed by atoms with E-state index in [0.29, 0.717) is 6.54 Å². The van der Waals surface area contributed by atoms with Crippen LogP contribution in [0.15, 0.2) is 18.3 Å². The third kappa shape index (κ3) is 2.40. The van der Waals surface area contributed by atoms with Crippen molar-refractivity contribution in [2.75, 3.05) is 5.32 Å². The SMILES string of the molecule is Cc1c(CNc2ccc(C#N)c(F)c2F)cnn1C. The Hall–Kier alpha value is -2.42. The number of hydrogen-bond acceptors (Lipinski definition) is 3. The highest BCUT2D eigenvalue weighted by Crippen LogP contribution is 2.21. The van der Waals surface area contributed by atoms with Crippen molar-refractivity contribution in [1.82, 2.24) is 9.78 Å². The molecule has 0 aliphatic heterocycles. The first-order valence-corrected chi connectivity index (χ1v) is 5.64. The van der Waals surface area contributed by atoms with E-state index < -0.39 is 11.6 Å². The van der Waals surface area contributed by atoms with E-state index in [1.54, 1.807) is 24.0 Å². The summed E-state index contributed by atoms with van der Waals surface area (Å²) in [6.45, 7) is 2.22. The molecule has 19 heavy (non-hydrogen) atoms. The number of aryl methyl sites for hydroxylation is 1. The number of rotatable bonds is 3. The van der Waals surface area contributed by atoms with Crippen LogP contribution in [0.4, 0.5) is 14.5 Å². The molecule has 0 atom stereocenters. The quantitative estimate of drug-likeness (QED) is 0.924. The zero-order chi connectivity index (χ0) is 14.0. The van der Waals surface area contributed by atoms with Gasteiger partial charge in [0, 0.05) is 24.8 Å². The predicted molar refractivity (Wildman–Crippen MR) is 66.3 cm³/mol. The van der Waals surface area contributed by atoms with Crippen molar-refractivity contribution in [3.8, 4) is 6.07 Å². The van der Waals surface area contributed by atoms with Crippen molar-refractivity contribution >= 4 is 5.69 Å². The molecule has 1 aromatic heterocycles. The maximum Gasteiger partial charge on any atom is 0.183 e. The minimum absolute atomic E-state index is 0.0275. The largest absolute Gasteiger partial charge is 0.378 e. The van der Waals surface area contributed by atoms with Gasteiger partial charge in [-0.15, -0.1) is 0 Å². The molecule has 1 aromatic carbocycles. The molecule has 98 valence electrons. The zero-order valence-corrected chi connectivity index (χ0v) is 10.5. The van der Waals surface area contributed by atoms with E-state index in [1.165, 1.54) is 12.1 Å². The van der Waals surface area contributed by atoms with Crippen molar-refractivity contribution in [2.45, 2.75) is 13.5 Å². The molecule has 0 saturated heterocycles. The van der Waals surface area contributed by atoms with Gasteiger partial charge in [0.15, 0.2) is 11.6 Å². The summed E-state index contributed by atoms with van der Waals surface area (Å²) in [5.41, 5.74) is 1.56. The lowest BCUT2D eigenvalue weighted by molar-refractivity contribution is 0.508. The fourth-order valence-corrected chi connectivity index (χ4v) is 1.68. The Bertz CT molecular complexity index is 655. The van der Waals surface area contributed by atoms with Crippen LogP contribution in [0.3, 0.4) is 0 Å². The predicted octanol–water partition coefficient (Wildman–Crippen LogP) is 2.49. The van der Waals surface area contributed by atoms with Crippen LogP contribution < -0.4 is 5.32 Å². The fraction of sp³-hybridized carbons (Fsp3) is 0.231. The van der Waals surface area contributed by atoms with Gasteiger partial charge in [0.25, 0.3) is 0 Å². The molecule has 0 radical (unpaired) electrons. The van der Waals surface area contributed by atoms with E-state index in [0.717, 1.165) is 11.3 Å². The molecule has 0 bridgehead atoms. The molecule has 4 nitrogen and oxygen atoms in total. The minimum atomic E-state index is -1.13. The molecule has 0 spiro atoms. The Morgan fingerprint density at radius 3 is 2.68 bits per heavy atom. The second-order valence-corrected chi connectivity index (χ2v) is 4.13.